The van der Waals surface area contributed by atoms with Crippen molar-refractivity contribution in [3.63, 3.8) is 0 Å². The molecule has 0 aromatic rings. The molecular formula is C15H28N2O5. The van der Waals surface area contributed by atoms with Gasteiger partial charge in [0, 0.05) is 13.1 Å². The number of carbonyl (C=O) groups is 3. The second kappa shape index (κ2) is 9.27. The van der Waals surface area contributed by atoms with Gasteiger partial charge in [-0.25, -0.2) is 9.59 Å². The van der Waals surface area contributed by atoms with Gasteiger partial charge in [-0.1, -0.05) is 13.8 Å². The molecule has 7 heteroatoms. The first-order valence-corrected chi connectivity index (χ1v) is 7.60. The Morgan fingerprint density at radius 2 is 1.64 bits per heavy atom. The van der Waals surface area contributed by atoms with E-state index in [9.17, 15) is 14.4 Å². The number of carbonyl (C=O) groups excluding carboxylic acids is 2. The van der Waals surface area contributed by atoms with E-state index in [2.05, 4.69) is 5.32 Å². The maximum absolute atomic E-state index is 12.2. The third-order valence-corrected chi connectivity index (χ3v) is 2.71. The van der Waals surface area contributed by atoms with Crippen molar-refractivity contribution in [3.8, 4) is 0 Å². The Kier molecular flexibility index (Phi) is 8.52. The van der Waals surface area contributed by atoms with Gasteiger partial charge in [-0.2, -0.15) is 0 Å². The molecule has 1 unspecified atom stereocenters. The predicted octanol–water partition coefficient (Wildman–Crippen LogP) is 2.00. The molecule has 1 atom stereocenters. The van der Waals surface area contributed by atoms with Crippen molar-refractivity contribution in [2.75, 3.05) is 13.1 Å². The summed E-state index contributed by atoms with van der Waals surface area (Å²) < 4.78 is 5.02. The number of hydrogen-bond donors (Lipinski definition) is 2. The van der Waals surface area contributed by atoms with Gasteiger partial charge >= 0.3 is 12.1 Å². The number of aliphatic carboxylic acids is 1. The number of carboxylic acids is 1. The highest BCUT2D eigenvalue weighted by Crippen LogP contribution is 2.08. The average molecular weight is 316 g/mol. The van der Waals surface area contributed by atoms with E-state index in [-0.39, 0.29) is 12.3 Å². The largest absolute Gasteiger partial charge is 0.480 e. The van der Waals surface area contributed by atoms with Crippen LogP contribution in [-0.4, -0.2) is 52.7 Å². The molecule has 0 aromatic carbocycles. The molecule has 0 aliphatic heterocycles. The minimum absolute atomic E-state index is 0.283. The number of amides is 2. The van der Waals surface area contributed by atoms with E-state index in [0.717, 1.165) is 12.8 Å². The molecule has 7 nitrogen and oxygen atoms in total. The van der Waals surface area contributed by atoms with Crippen LogP contribution in [0.15, 0.2) is 0 Å². The number of carboxylic acid groups (broad SMARTS) is 1. The lowest BCUT2D eigenvalue weighted by Crippen LogP contribution is -2.46. The Morgan fingerprint density at radius 1 is 1.14 bits per heavy atom. The maximum Gasteiger partial charge on any atom is 0.408 e. The molecule has 0 aliphatic carbocycles. The van der Waals surface area contributed by atoms with Crippen molar-refractivity contribution in [3.05, 3.63) is 0 Å². The normalized spacial score (nSPS) is 12.4. The summed E-state index contributed by atoms with van der Waals surface area (Å²) in [6.07, 6.45) is 0.464. The van der Waals surface area contributed by atoms with E-state index in [0.29, 0.717) is 13.1 Å². The van der Waals surface area contributed by atoms with Gasteiger partial charge in [-0.05, 0) is 33.6 Å². The van der Waals surface area contributed by atoms with Crippen LogP contribution >= 0.6 is 0 Å². The molecule has 0 heterocycles. The smallest absolute Gasteiger partial charge is 0.408 e. The molecule has 0 saturated heterocycles. The van der Waals surface area contributed by atoms with Crippen LogP contribution < -0.4 is 5.32 Å². The zero-order chi connectivity index (χ0) is 17.3. The Labute approximate surface area is 132 Å². The molecule has 128 valence electrons. The second-order valence-electron chi connectivity index (χ2n) is 6.12. The molecule has 0 saturated carbocycles. The van der Waals surface area contributed by atoms with Crippen LogP contribution in [0.2, 0.25) is 0 Å². The number of hydrogen-bond acceptors (Lipinski definition) is 4. The summed E-state index contributed by atoms with van der Waals surface area (Å²) in [6, 6.07) is -1.29. The Hall–Kier alpha value is -1.79. The van der Waals surface area contributed by atoms with Gasteiger partial charge in [0.15, 0.2) is 0 Å². The van der Waals surface area contributed by atoms with Crippen molar-refractivity contribution in [2.45, 2.75) is 65.5 Å². The lowest BCUT2D eigenvalue weighted by Gasteiger charge is -2.25. The summed E-state index contributed by atoms with van der Waals surface area (Å²) in [4.78, 5) is 36.7. The van der Waals surface area contributed by atoms with E-state index in [1.807, 2.05) is 13.8 Å². The van der Waals surface area contributed by atoms with Gasteiger partial charge in [0.05, 0.1) is 6.42 Å². The minimum atomic E-state index is -1.29. The summed E-state index contributed by atoms with van der Waals surface area (Å²) in [6.45, 7) is 10.1. The van der Waals surface area contributed by atoms with Crippen LogP contribution in [-0.2, 0) is 14.3 Å². The molecule has 0 aliphatic rings. The number of alkyl carbamates (subject to hydrolysis) is 1. The lowest BCUT2D eigenvalue weighted by atomic mass is 10.1. The van der Waals surface area contributed by atoms with Gasteiger partial charge in [0.1, 0.15) is 11.6 Å². The van der Waals surface area contributed by atoms with Crippen LogP contribution in [0.1, 0.15) is 53.9 Å². The fourth-order valence-corrected chi connectivity index (χ4v) is 1.85. The highest BCUT2D eigenvalue weighted by atomic mass is 16.6. The molecule has 0 aromatic heterocycles. The zero-order valence-corrected chi connectivity index (χ0v) is 14.1. The fourth-order valence-electron chi connectivity index (χ4n) is 1.85. The Morgan fingerprint density at radius 3 is 2.00 bits per heavy atom. The maximum atomic E-state index is 12.2. The highest BCUT2D eigenvalue weighted by Gasteiger charge is 2.27. The molecular weight excluding hydrogens is 288 g/mol. The predicted molar refractivity (Wildman–Crippen MR) is 82.6 cm³/mol. The molecule has 0 bridgehead atoms. The number of nitrogens with zero attached hydrogens (tertiary/aromatic N) is 1. The van der Waals surface area contributed by atoms with E-state index in [4.69, 9.17) is 9.84 Å². The van der Waals surface area contributed by atoms with Crippen molar-refractivity contribution < 1.29 is 24.2 Å². The number of ether oxygens (including phenoxy) is 1. The van der Waals surface area contributed by atoms with Gasteiger partial charge in [0.2, 0.25) is 5.91 Å². The topological polar surface area (TPSA) is 95.9 Å². The molecule has 0 spiro atoms. The van der Waals surface area contributed by atoms with Crippen LogP contribution in [0.3, 0.4) is 0 Å². The molecule has 2 amide bonds. The third-order valence-electron chi connectivity index (χ3n) is 2.71. The summed E-state index contributed by atoms with van der Waals surface area (Å²) >= 11 is 0. The third kappa shape index (κ3) is 8.49. The standard InChI is InChI=1S/C15H28N2O5/c1-6-8-17(9-7-2)12(18)10-11(13(19)20)16-14(21)22-15(3,4)5/h11H,6-10H2,1-5H3,(H,16,21)(H,19,20). The summed E-state index contributed by atoms with van der Waals surface area (Å²) in [5.41, 5.74) is -0.729. The summed E-state index contributed by atoms with van der Waals surface area (Å²) in [5, 5.41) is 11.4. The number of rotatable bonds is 8. The lowest BCUT2D eigenvalue weighted by molar-refractivity contribution is -0.143. The van der Waals surface area contributed by atoms with Gasteiger partial charge < -0.3 is 20.1 Å². The first-order chi connectivity index (χ1) is 10.1. The molecule has 0 fully saturated rings. The van der Waals surface area contributed by atoms with Crippen molar-refractivity contribution in [2.24, 2.45) is 0 Å². The quantitative estimate of drug-likeness (QED) is 0.714. The molecule has 0 radical (unpaired) electrons. The van der Waals surface area contributed by atoms with E-state index in [1.165, 1.54) is 0 Å². The molecule has 22 heavy (non-hydrogen) atoms. The summed E-state index contributed by atoms with van der Waals surface area (Å²) in [5.74, 6) is -1.54. The van der Waals surface area contributed by atoms with Crippen molar-refractivity contribution in [1.29, 1.82) is 0 Å². The van der Waals surface area contributed by atoms with E-state index < -0.39 is 23.7 Å². The van der Waals surface area contributed by atoms with E-state index in [1.54, 1.807) is 25.7 Å². The first kappa shape index (κ1) is 20.2. The molecule has 2 N–H and O–H groups in total. The molecule has 0 rings (SSSR count). The minimum Gasteiger partial charge on any atom is -0.480 e. The number of nitrogens with one attached hydrogen (secondary N) is 1. The van der Waals surface area contributed by atoms with Crippen LogP contribution in [0.5, 0.6) is 0 Å². The van der Waals surface area contributed by atoms with E-state index >= 15 is 0 Å². The van der Waals surface area contributed by atoms with Gasteiger partial charge in [-0.15, -0.1) is 0 Å². The highest BCUT2D eigenvalue weighted by molar-refractivity contribution is 5.87. The fraction of sp³-hybridized carbons (Fsp3) is 0.800. The SMILES string of the molecule is CCCN(CCC)C(=O)CC(NC(=O)OC(C)(C)C)C(=O)O. The van der Waals surface area contributed by atoms with Gasteiger partial charge in [0.25, 0.3) is 0 Å². The van der Waals surface area contributed by atoms with Crippen LogP contribution in [0.25, 0.3) is 0 Å². The van der Waals surface area contributed by atoms with Crippen LogP contribution in [0, 0.1) is 0 Å². The van der Waals surface area contributed by atoms with Crippen molar-refractivity contribution >= 4 is 18.0 Å². The first-order valence-electron chi connectivity index (χ1n) is 7.60. The average Bonchev–Trinajstić information content (AvgIpc) is 2.35. The van der Waals surface area contributed by atoms with Crippen LogP contribution in [0.4, 0.5) is 4.79 Å². The zero-order valence-electron chi connectivity index (χ0n) is 14.1. The second-order valence-corrected chi connectivity index (χ2v) is 6.12. The Bertz CT molecular complexity index is 384. The Balaban J connectivity index is 4.72. The van der Waals surface area contributed by atoms with Crippen molar-refractivity contribution in [1.82, 2.24) is 10.2 Å². The van der Waals surface area contributed by atoms with Gasteiger partial charge in [-0.3, -0.25) is 4.79 Å². The monoisotopic (exact) mass is 316 g/mol. The summed E-state index contributed by atoms with van der Waals surface area (Å²) in [7, 11) is 0.